The summed E-state index contributed by atoms with van der Waals surface area (Å²) in [5.41, 5.74) is -1.03. The minimum atomic E-state index is -1.43. The van der Waals surface area contributed by atoms with Gasteiger partial charge in [-0.15, -0.1) is 11.6 Å². The van der Waals surface area contributed by atoms with Crippen LogP contribution in [0.5, 0.6) is 0 Å². The molecule has 0 bridgehead atoms. The zero-order valence-corrected chi connectivity index (χ0v) is 12.7. The fourth-order valence-corrected chi connectivity index (χ4v) is 1.80. The molecule has 3 unspecified atom stereocenters. The molecule has 2 N–H and O–H groups in total. The third-order valence-corrected chi connectivity index (χ3v) is 2.80. The van der Waals surface area contributed by atoms with E-state index in [1.165, 1.54) is 20.4 Å². The first-order valence-electron chi connectivity index (χ1n) is 5.97. The molecule has 9 heteroatoms. The molecule has 122 valence electrons. The van der Waals surface area contributed by atoms with Gasteiger partial charge in [0.2, 0.25) is 12.2 Å². The Hall–Kier alpha value is -1.25. The van der Waals surface area contributed by atoms with Gasteiger partial charge in [0.25, 0.3) is 5.91 Å². The van der Waals surface area contributed by atoms with Crippen molar-refractivity contribution in [2.24, 2.45) is 0 Å². The molecular weight excluding hydrogens is 310 g/mol. The summed E-state index contributed by atoms with van der Waals surface area (Å²) in [5.74, 6) is -2.47. The van der Waals surface area contributed by atoms with Gasteiger partial charge < -0.3 is 14.7 Å². The molecule has 0 radical (unpaired) electrons. The number of rotatable bonds is 5. The van der Waals surface area contributed by atoms with E-state index in [-0.39, 0.29) is 19.4 Å². The molecule has 1 rings (SSSR count). The number of carbonyl (C=O) groups excluding carboxylic acids is 2. The van der Waals surface area contributed by atoms with Crippen LogP contribution in [0.4, 0.5) is 8.78 Å². The molecule has 0 aromatic carbocycles. The van der Waals surface area contributed by atoms with Gasteiger partial charge in [0.05, 0.1) is 12.2 Å². The van der Waals surface area contributed by atoms with Crippen molar-refractivity contribution >= 4 is 23.9 Å². The molecular formula is C12H19ClF2N2O4. The normalized spacial score (nSPS) is 28.4. The lowest BCUT2D eigenvalue weighted by Crippen LogP contribution is -2.36. The van der Waals surface area contributed by atoms with Gasteiger partial charge in [-0.2, -0.15) is 4.39 Å². The topological polar surface area (TPSA) is 78.9 Å². The number of ether oxygens (including phenoxy) is 1. The largest absolute Gasteiger partial charge is 0.393 e. The van der Waals surface area contributed by atoms with E-state index in [1.54, 1.807) is 5.32 Å². The van der Waals surface area contributed by atoms with Crippen molar-refractivity contribution in [1.29, 1.82) is 0 Å². The lowest BCUT2D eigenvalue weighted by molar-refractivity contribution is -0.124. The first-order valence-corrected chi connectivity index (χ1v) is 6.73. The summed E-state index contributed by atoms with van der Waals surface area (Å²) in [6, 6.07) is 0. The molecule has 0 aromatic heterocycles. The Morgan fingerprint density at radius 3 is 2.62 bits per heavy atom. The van der Waals surface area contributed by atoms with Gasteiger partial charge in [0.15, 0.2) is 6.23 Å². The molecule has 1 heterocycles. The van der Waals surface area contributed by atoms with Crippen molar-refractivity contribution in [3.63, 3.8) is 0 Å². The quantitative estimate of drug-likeness (QED) is 0.441. The van der Waals surface area contributed by atoms with E-state index in [1.807, 2.05) is 0 Å². The Bertz CT molecular complexity index is 397. The van der Waals surface area contributed by atoms with Crippen molar-refractivity contribution in [3.05, 3.63) is 12.0 Å². The molecule has 1 aliphatic heterocycles. The van der Waals surface area contributed by atoms with Crippen LogP contribution in [0.25, 0.3) is 0 Å². The van der Waals surface area contributed by atoms with Crippen LogP contribution in [0.15, 0.2) is 12.0 Å². The molecule has 21 heavy (non-hydrogen) atoms. The number of hydrogen-bond acceptors (Lipinski definition) is 5. The summed E-state index contributed by atoms with van der Waals surface area (Å²) < 4.78 is 32.3. The Morgan fingerprint density at radius 2 is 2.19 bits per heavy atom. The fraction of sp³-hybridized carbons (Fsp3) is 0.667. The SMILES string of the molecule is CCl.CN(/C=C(/F)C(=O)NC=O)C1OC(C)(CO)CC1F. The molecule has 0 saturated carbocycles. The van der Waals surface area contributed by atoms with Gasteiger partial charge in [-0.3, -0.25) is 14.9 Å². The highest BCUT2D eigenvalue weighted by atomic mass is 35.5. The average molecular weight is 329 g/mol. The van der Waals surface area contributed by atoms with Crippen molar-refractivity contribution in [2.45, 2.75) is 31.3 Å². The Kier molecular flexibility index (Phi) is 8.38. The van der Waals surface area contributed by atoms with E-state index >= 15 is 0 Å². The summed E-state index contributed by atoms with van der Waals surface area (Å²) in [5, 5.41) is 10.7. The van der Waals surface area contributed by atoms with Gasteiger partial charge >= 0.3 is 0 Å². The van der Waals surface area contributed by atoms with Crippen molar-refractivity contribution in [2.75, 3.05) is 20.0 Å². The molecule has 2 amide bonds. The molecule has 1 saturated heterocycles. The molecule has 3 atom stereocenters. The third kappa shape index (κ3) is 5.56. The van der Waals surface area contributed by atoms with Crippen LogP contribution in [0, 0.1) is 0 Å². The van der Waals surface area contributed by atoms with Gasteiger partial charge in [-0.1, -0.05) is 0 Å². The monoisotopic (exact) mass is 328 g/mol. The van der Waals surface area contributed by atoms with Gasteiger partial charge in [0.1, 0.15) is 6.17 Å². The maximum Gasteiger partial charge on any atom is 0.287 e. The minimum Gasteiger partial charge on any atom is -0.393 e. The minimum absolute atomic E-state index is 0.0332. The Morgan fingerprint density at radius 1 is 1.62 bits per heavy atom. The highest BCUT2D eigenvalue weighted by Gasteiger charge is 2.45. The summed E-state index contributed by atoms with van der Waals surface area (Å²) in [6.07, 6.45) is -0.316. The highest BCUT2D eigenvalue weighted by Crippen LogP contribution is 2.33. The van der Waals surface area contributed by atoms with Crippen molar-refractivity contribution in [3.8, 4) is 0 Å². The standard InChI is InChI=1S/C11H16F2N2O4.CH3Cl/c1-11(5-16)3-7(12)10(19-11)15(2)4-8(13)9(18)14-6-17;1-2/h4,6-7,10,16H,3,5H2,1-2H3,(H,14,17,18);1H3/b8-4+;. The third-order valence-electron chi connectivity index (χ3n) is 2.80. The predicted octanol–water partition coefficient (Wildman–Crippen LogP) is 0.692. The van der Waals surface area contributed by atoms with Crippen LogP contribution in [0.1, 0.15) is 13.3 Å². The Balaban J connectivity index is 0.00000191. The van der Waals surface area contributed by atoms with Crippen LogP contribution >= 0.6 is 11.6 Å². The Labute approximate surface area is 126 Å². The lowest BCUT2D eigenvalue weighted by atomic mass is 10.0. The van der Waals surface area contributed by atoms with Crippen LogP contribution in [0.2, 0.25) is 0 Å². The number of hydrogen-bond donors (Lipinski definition) is 2. The van der Waals surface area contributed by atoms with Crippen LogP contribution in [0.3, 0.4) is 0 Å². The number of nitrogens with one attached hydrogen (secondary N) is 1. The lowest BCUT2D eigenvalue weighted by Gasteiger charge is -2.26. The van der Waals surface area contributed by atoms with Gasteiger partial charge in [0, 0.05) is 26.1 Å². The molecule has 6 nitrogen and oxygen atoms in total. The number of carbonyl (C=O) groups is 2. The number of aliphatic hydroxyl groups excluding tert-OH is 1. The summed E-state index contributed by atoms with van der Waals surface area (Å²) in [4.78, 5) is 22.0. The summed E-state index contributed by atoms with van der Waals surface area (Å²) >= 11 is 4.64. The number of aliphatic hydroxyl groups is 1. The first-order chi connectivity index (χ1) is 9.83. The second-order valence-electron chi connectivity index (χ2n) is 4.57. The van der Waals surface area contributed by atoms with E-state index in [0.717, 1.165) is 11.1 Å². The zero-order chi connectivity index (χ0) is 16.6. The van der Waals surface area contributed by atoms with Crippen LogP contribution < -0.4 is 5.32 Å². The van der Waals surface area contributed by atoms with E-state index in [2.05, 4.69) is 11.6 Å². The second kappa shape index (κ2) is 8.91. The number of alkyl halides is 2. The maximum atomic E-state index is 13.7. The maximum absolute atomic E-state index is 13.7. The zero-order valence-electron chi connectivity index (χ0n) is 12.0. The number of nitrogens with zero attached hydrogens (tertiary/aromatic N) is 1. The number of amides is 2. The van der Waals surface area contributed by atoms with E-state index in [0.29, 0.717) is 0 Å². The highest BCUT2D eigenvalue weighted by molar-refractivity contribution is 6.15. The summed E-state index contributed by atoms with van der Waals surface area (Å²) in [6.45, 7) is 1.17. The molecule has 0 aliphatic carbocycles. The first kappa shape index (κ1) is 19.8. The molecule has 1 fully saturated rings. The van der Waals surface area contributed by atoms with Crippen LogP contribution in [-0.2, 0) is 14.3 Å². The van der Waals surface area contributed by atoms with Crippen molar-refractivity contribution < 1.29 is 28.2 Å². The predicted molar refractivity (Wildman–Crippen MR) is 72.8 cm³/mol. The average Bonchev–Trinajstić information content (AvgIpc) is 2.77. The number of halogens is 3. The molecule has 0 aromatic rings. The van der Waals surface area contributed by atoms with Crippen LogP contribution in [-0.4, -0.2) is 60.4 Å². The summed E-state index contributed by atoms with van der Waals surface area (Å²) in [7, 11) is 1.33. The van der Waals surface area contributed by atoms with Crippen molar-refractivity contribution in [1.82, 2.24) is 10.2 Å². The van der Waals surface area contributed by atoms with Gasteiger partial charge in [-0.05, 0) is 6.92 Å². The number of imide groups is 1. The van der Waals surface area contributed by atoms with E-state index in [9.17, 15) is 18.4 Å². The van der Waals surface area contributed by atoms with Gasteiger partial charge in [-0.25, -0.2) is 4.39 Å². The second-order valence-corrected chi connectivity index (χ2v) is 4.57. The van der Waals surface area contributed by atoms with E-state index < -0.39 is 29.7 Å². The molecule has 0 spiro atoms. The molecule has 1 aliphatic rings. The smallest absolute Gasteiger partial charge is 0.287 e. The van der Waals surface area contributed by atoms with E-state index in [4.69, 9.17) is 9.84 Å². The fourth-order valence-electron chi connectivity index (χ4n) is 1.80.